The molecule has 0 unspecified atom stereocenters. The number of fused-ring (bicyclic) bond motifs is 1. The van der Waals surface area contributed by atoms with E-state index < -0.39 is 18.9 Å². The lowest BCUT2D eigenvalue weighted by molar-refractivity contribution is 0.120. The van der Waals surface area contributed by atoms with Crippen LogP contribution in [0.15, 0.2) is 36.5 Å². The molecule has 0 saturated heterocycles. The maximum Gasteiger partial charge on any atom is 0.318 e. The van der Waals surface area contributed by atoms with Gasteiger partial charge in [0.15, 0.2) is 0 Å². The SMILES string of the molecule is Cn1ncc2c1CCCN(C(=O)N[C@H](CC(F)F)c1ccccc1)C2. The van der Waals surface area contributed by atoms with Gasteiger partial charge in [-0.2, -0.15) is 5.10 Å². The average molecular weight is 348 g/mol. The van der Waals surface area contributed by atoms with Crippen molar-refractivity contribution in [2.45, 2.75) is 38.3 Å². The molecule has 0 fully saturated rings. The zero-order valence-electron chi connectivity index (χ0n) is 14.2. The highest BCUT2D eigenvalue weighted by molar-refractivity contribution is 5.75. The second kappa shape index (κ2) is 7.63. The fourth-order valence-corrected chi connectivity index (χ4v) is 3.24. The summed E-state index contributed by atoms with van der Waals surface area (Å²) in [5.41, 5.74) is 2.83. The molecule has 2 heterocycles. The Hall–Kier alpha value is -2.44. The zero-order chi connectivity index (χ0) is 17.8. The predicted octanol–water partition coefficient (Wildman–Crippen LogP) is 3.27. The van der Waals surface area contributed by atoms with E-state index in [1.807, 2.05) is 17.8 Å². The van der Waals surface area contributed by atoms with Crippen LogP contribution in [0.2, 0.25) is 0 Å². The van der Waals surface area contributed by atoms with Crippen molar-refractivity contribution < 1.29 is 13.6 Å². The summed E-state index contributed by atoms with van der Waals surface area (Å²) in [6.45, 7) is 1.04. The fourth-order valence-electron chi connectivity index (χ4n) is 3.24. The lowest BCUT2D eigenvalue weighted by Crippen LogP contribution is -2.41. The van der Waals surface area contributed by atoms with Crippen molar-refractivity contribution in [2.75, 3.05) is 6.54 Å². The van der Waals surface area contributed by atoms with Crippen LogP contribution in [0.25, 0.3) is 0 Å². The molecule has 3 rings (SSSR count). The van der Waals surface area contributed by atoms with E-state index in [0.717, 1.165) is 24.1 Å². The van der Waals surface area contributed by atoms with Crippen molar-refractivity contribution in [2.24, 2.45) is 7.05 Å². The van der Waals surface area contributed by atoms with Gasteiger partial charge in [-0.05, 0) is 18.4 Å². The first-order chi connectivity index (χ1) is 12.0. The molecule has 2 aromatic rings. The minimum absolute atomic E-state index is 0.314. The van der Waals surface area contributed by atoms with Crippen LogP contribution in [-0.2, 0) is 20.0 Å². The Labute approximate surface area is 145 Å². The largest absolute Gasteiger partial charge is 0.331 e. The Morgan fingerprint density at radius 3 is 2.80 bits per heavy atom. The van der Waals surface area contributed by atoms with E-state index in [1.165, 1.54) is 0 Å². The molecule has 1 atom stereocenters. The minimum Gasteiger partial charge on any atom is -0.331 e. The summed E-state index contributed by atoms with van der Waals surface area (Å²) in [6.07, 6.45) is 0.565. The number of hydrogen-bond acceptors (Lipinski definition) is 2. The third kappa shape index (κ3) is 4.15. The third-order valence-corrected chi connectivity index (χ3v) is 4.55. The summed E-state index contributed by atoms with van der Waals surface area (Å²) in [5, 5.41) is 7.02. The Morgan fingerprint density at radius 1 is 1.32 bits per heavy atom. The number of alkyl halides is 2. The van der Waals surface area contributed by atoms with Crippen LogP contribution in [0.1, 0.15) is 35.7 Å². The number of carbonyl (C=O) groups excluding carboxylic acids is 1. The van der Waals surface area contributed by atoms with Crippen molar-refractivity contribution in [1.29, 1.82) is 0 Å². The molecular formula is C18H22F2N4O. The lowest BCUT2D eigenvalue weighted by atomic mass is 10.0. The van der Waals surface area contributed by atoms with Gasteiger partial charge >= 0.3 is 6.03 Å². The van der Waals surface area contributed by atoms with E-state index in [-0.39, 0.29) is 6.03 Å². The first-order valence-corrected chi connectivity index (χ1v) is 8.43. The lowest BCUT2D eigenvalue weighted by Gasteiger charge is -2.25. The quantitative estimate of drug-likeness (QED) is 0.922. The van der Waals surface area contributed by atoms with Crippen molar-refractivity contribution in [3.05, 3.63) is 53.3 Å². The smallest absolute Gasteiger partial charge is 0.318 e. The van der Waals surface area contributed by atoms with Gasteiger partial charge in [0, 0.05) is 31.3 Å². The Balaban J connectivity index is 1.72. The molecule has 0 bridgehead atoms. The van der Waals surface area contributed by atoms with Crippen molar-refractivity contribution in [1.82, 2.24) is 20.0 Å². The van der Waals surface area contributed by atoms with Crippen LogP contribution < -0.4 is 5.32 Å². The Kier molecular flexibility index (Phi) is 5.31. The maximum atomic E-state index is 13.0. The summed E-state index contributed by atoms with van der Waals surface area (Å²) >= 11 is 0. The number of benzene rings is 1. The standard InChI is InChI=1S/C18H22F2N4O/c1-23-16-8-5-9-24(12-14(16)11-21-23)18(25)22-15(10-17(19)20)13-6-3-2-4-7-13/h2-4,6-7,11,15,17H,5,8-10,12H2,1H3,(H,22,25)/t15-/m1/s1. The first-order valence-electron chi connectivity index (χ1n) is 8.43. The summed E-state index contributed by atoms with van der Waals surface area (Å²) in [4.78, 5) is 14.4. The molecule has 1 aliphatic rings. The second-order valence-corrected chi connectivity index (χ2v) is 6.30. The number of nitrogens with one attached hydrogen (secondary N) is 1. The van der Waals surface area contributed by atoms with Crippen LogP contribution in [-0.4, -0.2) is 33.7 Å². The van der Waals surface area contributed by atoms with Gasteiger partial charge in [-0.25, -0.2) is 13.6 Å². The summed E-state index contributed by atoms with van der Waals surface area (Å²) in [5.74, 6) is 0. The number of urea groups is 1. The zero-order valence-corrected chi connectivity index (χ0v) is 14.2. The van der Waals surface area contributed by atoms with E-state index in [2.05, 4.69) is 10.4 Å². The number of hydrogen-bond donors (Lipinski definition) is 1. The Morgan fingerprint density at radius 2 is 2.08 bits per heavy atom. The number of halogens is 2. The molecule has 2 amide bonds. The van der Waals surface area contributed by atoms with E-state index >= 15 is 0 Å². The van der Waals surface area contributed by atoms with E-state index in [4.69, 9.17) is 0 Å². The van der Waals surface area contributed by atoms with Crippen LogP contribution in [0.3, 0.4) is 0 Å². The highest BCUT2D eigenvalue weighted by Crippen LogP contribution is 2.22. The van der Waals surface area contributed by atoms with Gasteiger partial charge in [0.1, 0.15) is 0 Å². The van der Waals surface area contributed by atoms with Crippen molar-refractivity contribution >= 4 is 6.03 Å². The number of amides is 2. The van der Waals surface area contributed by atoms with Gasteiger partial charge in [0.25, 0.3) is 0 Å². The number of aryl methyl sites for hydroxylation is 1. The summed E-state index contributed by atoms with van der Waals surface area (Å²) < 4.78 is 27.7. The fraction of sp³-hybridized carbons (Fsp3) is 0.444. The van der Waals surface area contributed by atoms with Crippen molar-refractivity contribution in [3.63, 3.8) is 0 Å². The van der Waals surface area contributed by atoms with Gasteiger partial charge in [-0.15, -0.1) is 0 Å². The molecule has 1 aromatic carbocycles. The highest BCUT2D eigenvalue weighted by atomic mass is 19.3. The monoisotopic (exact) mass is 348 g/mol. The molecule has 25 heavy (non-hydrogen) atoms. The third-order valence-electron chi connectivity index (χ3n) is 4.55. The van der Waals surface area contributed by atoms with Crippen LogP contribution >= 0.6 is 0 Å². The van der Waals surface area contributed by atoms with E-state index in [9.17, 15) is 13.6 Å². The minimum atomic E-state index is -2.49. The van der Waals surface area contributed by atoms with Gasteiger partial charge in [-0.3, -0.25) is 4.68 Å². The summed E-state index contributed by atoms with van der Waals surface area (Å²) in [6, 6.07) is 7.89. The van der Waals surface area contributed by atoms with Gasteiger partial charge in [0.2, 0.25) is 6.43 Å². The van der Waals surface area contributed by atoms with Crippen LogP contribution in [0.5, 0.6) is 0 Å². The van der Waals surface area contributed by atoms with E-state index in [1.54, 1.807) is 35.4 Å². The number of carbonyl (C=O) groups is 1. The molecular weight excluding hydrogens is 326 g/mol. The Bertz CT molecular complexity index is 717. The second-order valence-electron chi connectivity index (χ2n) is 6.30. The molecule has 134 valence electrons. The maximum absolute atomic E-state index is 13.0. The molecule has 7 heteroatoms. The molecule has 0 spiro atoms. The van der Waals surface area contributed by atoms with Gasteiger partial charge in [-0.1, -0.05) is 30.3 Å². The number of rotatable bonds is 4. The molecule has 0 aliphatic carbocycles. The van der Waals surface area contributed by atoms with Crippen LogP contribution in [0, 0.1) is 0 Å². The normalized spacial score (nSPS) is 15.6. The molecule has 1 aliphatic heterocycles. The molecule has 0 saturated carbocycles. The molecule has 1 aromatic heterocycles. The molecule has 1 N–H and O–H groups in total. The number of nitrogens with zero attached hydrogens (tertiary/aromatic N) is 3. The van der Waals surface area contributed by atoms with Gasteiger partial charge in [0.05, 0.1) is 18.8 Å². The molecule has 0 radical (unpaired) electrons. The topological polar surface area (TPSA) is 50.2 Å². The van der Waals surface area contributed by atoms with Crippen molar-refractivity contribution in [3.8, 4) is 0 Å². The first kappa shape index (κ1) is 17.4. The summed E-state index contributed by atoms with van der Waals surface area (Å²) in [7, 11) is 1.89. The molecule has 5 nitrogen and oxygen atoms in total. The predicted molar refractivity (Wildman–Crippen MR) is 90.3 cm³/mol. The highest BCUT2D eigenvalue weighted by Gasteiger charge is 2.25. The van der Waals surface area contributed by atoms with Crippen LogP contribution in [0.4, 0.5) is 13.6 Å². The number of aromatic nitrogens is 2. The van der Waals surface area contributed by atoms with Gasteiger partial charge < -0.3 is 10.2 Å². The van der Waals surface area contributed by atoms with E-state index in [0.29, 0.717) is 18.7 Å². The average Bonchev–Trinajstić information content (AvgIpc) is 2.82.